The summed E-state index contributed by atoms with van der Waals surface area (Å²) in [6.07, 6.45) is 1.32. The molecular weight excluding hydrogens is 404 g/mol. The van der Waals surface area contributed by atoms with Crippen molar-refractivity contribution < 1.29 is 9.90 Å². The highest BCUT2D eigenvalue weighted by molar-refractivity contribution is 6.31. The lowest BCUT2D eigenvalue weighted by Crippen LogP contribution is -2.12. The van der Waals surface area contributed by atoms with E-state index >= 15 is 0 Å². The van der Waals surface area contributed by atoms with Gasteiger partial charge in [0.15, 0.2) is 11.6 Å². The lowest BCUT2D eigenvalue weighted by Gasteiger charge is -2.11. The van der Waals surface area contributed by atoms with Crippen molar-refractivity contribution >= 4 is 45.5 Å². The van der Waals surface area contributed by atoms with Crippen molar-refractivity contribution in [1.29, 1.82) is 5.26 Å². The van der Waals surface area contributed by atoms with E-state index in [9.17, 15) is 9.90 Å². The van der Waals surface area contributed by atoms with Crippen LogP contribution >= 0.6 is 11.6 Å². The number of phenolic OH excluding ortho intramolecular Hbond substituents is 1. The fraction of sp³-hybridized carbons (Fsp3) is 0. The maximum Gasteiger partial charge on any atom is 0.259 e. The SMILES string of the molecule is N#Cc1cn[nH]c1/N=N/c1c(O)c(C(=O)Nc2cccc(Cl)c2)cc2ccccc12. The molecule has 4 aromatic rings. The van der Waals surface area contributed by atoms with Crippen molar-refractivity contribution in [3.05, 3.63) is 76.9 Å². The molecule has 4 rings (SSSR count). The molecule has 0 spiro atoms. The number of hydrogen-bond acceptors (Lipinski definition) is 6. The minimum atomic E-state index is -0.531. The Balaban J connectivity index is 1.79. The van der Waals surface area contributed by atoms with E-state index in [0.29, 0.717) is 21.5 Å². The number of anilines is 1. The number of aromatic nitrogens is 2. The van der Waals surface area contributed by atoms with Gasteiger partial charge in [-0.3, -0.25) is 9.89 Å². The van der Waals surface area contributed by atoms with Crippen molar-refractivity contribution in [2.24, 2.45) is 10.2 Å². The number of aromatic hydroxyl groups is 1. The van der Waals surface area contributed by atoms with Crippen LogP contribution in [0, 0.1) is 11.3 Å². The van der Waals surface area contributed by atoms with E-state index in [1.54, 1.807) is 48.5 Å². The Labute approximate surface area is 175 Å². The molecule has 1 aromatic heterocycles. The predicted octanol–water partition coefficient (Wildman–Crippen LogP) is 5.46. The van der Waals surface area contributed by atoms with Crippen LogP contribution in [-0.4, -0.2) is 21.2 Å². The fourth-order valence-corrected chi connectivity index (χ4v) is 3.08. The molecule has 0 radical (unpaired) electrons. The van der Waals surface area contributed by atoms with Crippen LogP contribution < -0.4 is 5.32 Å². The van der Waals surface area contributed by atoms with Gasteiger partial charge in [0, 0.05) is 16.1 Å². The van der Waals surface area contributed by atoms with E-state index in [2.05, 4.69) is 25.7 Å². The molecule has 0 aliphatic rings. The molecule has 8 nitrogen and oxygen atoms in total. The maximum absolute atomic E-state index is 12.8. The van der Waals surface area contributed by atoms with Crippen LogP contribution in [-0.2, 0) is 0 Å². The Bertz CT molecular complexity index is 1340. The molecule has 0 aliphatic carbocycles. The van der Waals surface area contributed by atoms with Crippen molar-refractivity contribution in [3.63, 3.8) is 0 Å². The number of carbonyl (C=O) groups excluding carboxylic acids is 1. The summed E-state index contributed by atoms with van der Waals surface area (Å²) < 4.78 is 0. The number of benzene rings is 3. The quantitative estimate of drug-likeness (QED) is 0.381. The van der Waals surface area contributed by atoms with Crippen LogP contribution in [0.25, 0.3) is 10.8 Å². The minimum Gasteiger partial charge on any atom is -0.505 e. The Morgan fingerprint density at radius 2 is 2.00 bits per heavy atom. The number of azo groups is 1. The minimum absolute atomic E-state index is 0.0211. The normalized spacial score (nSPS) is 10.9. The average molecular weight is 417 g/mol. The molecule has 30 heavy (non-hydrogen) atoms. The van der Waals surface area contributed by atoms with Crippen molar-refractivity contribution in [3.8, 4) is 11.8 Å². The highest BCUT2D eigenvalue weighted by Gasteiger charge is 2.19. The highest BCUT2D eigenvalue weighted by atomic mass is 35.5. The summed E-state index contributed by atoms with van der Waals surface area (Å²) in [7, 11) is 0. The molecule has 3 aromatic carbocycles. The number of fused-ring (bicyclic) bond motifs is 1. The van der Waals surface area contributed by atoms with Gasteiger partial charge in [-0.1, -0.05) is 41.9 Å². The first-order valence-electron chi connectivity index (χ1n) is 8.73. The number of rotatable bonds is 4. The average Bonchev–Trinajstić information content (AvgIpc) is 3.20. The Morgan fingerprint density at radius 3 is 2.80 bits per heavy atom. The number of carbonyl (C=O) groups is 1. The highest BCUT2D eigenvalue weighted by Crippen LogP contribution is 2.39. The van der Waals surface area contributed by atoms with E-state index in [0.717, 1.165) is 0 Å². The first kappa shape index (κ1) is 19.1. The lowest BCUT2D eigenvalue weighted by molar-refractivity contribution is 0.102. The topological polar surface area (TPSA) is 127 Å². The predicted molar refractivity (Wildman–Crippen MR) is 112 cm³/mol. The van der Waals surface area contributed by atoms with E-state index in [-0.39, 0.29) is 28.4 Å². The van der Waals surface area contributed by atoms with Gasteiger partial charge in [-0.2, -0.15) is 10.4 Å². The molecule has 0 atom stereocenters. The number of nitrogens with zero attached hydrogens (tertiary/aromatic N) is 4. The molecule has 1 amide bonds. The van der Waals surface area contributed by atoms with E-state index in [4.69, 9.17) is 16.9 Å². The number of aromatic amines is 1. The maximum atomic E-state index is 12.8. The number of nitriles is 1. The number of nitrogens with one attached hydrogen (secondary N) is 2. The first-order chi connectivity index (χ1) is 14.6. The zero-order valence-corrected chi connectivity index (χ0v) is 16.1. The summed E-state index contributed by atoms with van der Waals surface area (Å²) in [4.78, 5) is 12.8. The summed E-state index contributed by atoms with van der Waals surface area (Å²) in [5, 5.41) is 38.8. The molecule has 0 unspecified atom stereocenters. The monoisotopic (exact) mass is 416 g/mol. The molecule has 9 heteroatoms. The zero-order chi connectivity index (χ0) is 21.1. The summed E-state index contributed by atoms with van der Waals surface area (Å²) in [6, 6.07) is 17.3. The molecular formula is C21H13ClN6O2. The van der Waals surface area contributed by atoms with E-state index < -0.39 is 5.91 Å². The summed E-state index contributed by atoms with van der Waals surface area (Å²) >= 11 is 5.96. The van der Waals surface area contributed by atoms with Crippen LogP contribution in [0.5, 0.6) is 5.75 Å². The van der Waals surface area contributed by atoms with E-state index in [1.807, 2.05) is 12.1 Å². The Kier molecular flexibility index (Phi) is 5.11. The molecule has 1 heterocycles. The first-order valence-corrected chi connectivity index (χ1v) is 9.11. The second-order valence-corrected chi connectivity index (χ2v) is 6.69. The van der Waals surface area contributed by atoms with Gasteiger partial charge in [-0.05, 0) is 29.7 Å². The molecule has 0 fully saturated rings. The molecule has 0 aliphatic heterocycles. The van der Waals surface area contributed by atoms with Crippen molar-refractivity contribution in [2.45, 2.75) is 0 Å². The standard InChI is InChI=1S/C21H13ClN6O2/c22-14-5-3-6-15(9-14)25-21(30)17-8-12-4-1-2-7-16(12)18(19(17)29)26-28-20-13(10-23)11-24-27-20/h1-9,11,29H,(H,24,27)(H,25,30)/b28-26+. The fourth-order valence-electron chi connectivity index (χ4n) is 2.89. The van der Waals surface area contributed by atoms with Gasteiger partial charge < -0.3 is 10.4 Å². The van der Waals surface area contributed by atoms with Crippen molar-refractivity contribution in [2.75, 3.05) is 5.32 Å². The van der Waals surface area contributed by atoms with Crippen molar-refractivity contribution in [1.82, 2.24) is 10.2 Å². The number of hydrogen-bond donors (Lipinski definition) is 3. The second kappa shape index (κ2) is 8.03. The zero-order valence-electron chi connectivity index (χ0n) is 15.3. The summed E-state index contributed by atoms with van der Waals surface area (Å²) in [6.45, 7) is 0. The lowest BCUT2D eigenvalue weighted by atomic mass is 10.0. The number of halogens is 1. The van der Waals surface area contributed by atoms with Gasteiger partial charge in [0.2, 0.25) is 0 Å². The molecule has 0 saturated carbocycles. The van der Waals surface area contributed by atoms with Crippen LogP contribution in [0.3, 0.4) is 0 Å². The molecule has 0 bridgehead atoms. The van der Waals surface area contributed by atoms with Crippen LogP contribution in [0.4, 0.5) is 17.2 Å². The molecule has 3 N–H and O–H groups in total. The van der Waals surface area contributed by atoms with Crippen LogP contribution in [0.2, 0.25) is 5.02 Å². The summed E-state index contributed by atoms with van der Waals surface area (Å²) in [5.74, 6) is -0.721. The van der Waals surface area contributed by atoms with Gasteiger partial charge in [-0.25, -0.2) is 0 Å². The van der Waals surface area contributed by atoms with Crippen LogP contribution in [0.15, 0.2) is 71.0 Å². The Hall–Kier alpha value is -4.22. The summed E-state index contributed by atoms with van der Waals surface area (Å²) in [5.41, 5.74) is 0.812. The third-order valence-corrected chi connectivity index (χ3v) is 4.55. The van der Waals surface area contributed by atoms with Gasteiger partial charge in [-0.15, -0.1) is 10.2 Å². The number of phenols is 1. The molecule has 146 valence electrons. The number of H-pyrrole nitrogens is 1. The third kappa shape index (κ3) is 3.70. The molecule has 0 saturated heterocycles. The smallest absolute Gasteiger partial charge is 0.259 e. The van der Waals surface area contributed by atoms with E-state index in [1.165, 1.54) is 6.20 Å². The third-order valence-electron chi connectivity index (χ3n) is 4.31. The van der Waals surface area contributed by atoms with Gasteiger partial charge in [0.25, 0.3) is 5.91 Å². The van der Waals surface area contributed by atoms with Crippen LogP contribution in [0.1, 0.15) is 15.9 Å². The number of amides is 1. The van der Waals surface area contributed by atoms with Gasteiger partial charge in [0.05, 0.1) is 11.8 Å². The largest absolute Gasteiger partial charge is 0.505 e. The van der Waals surface area contributed by atoms with Gasteiger partial charge in [0.1, 0.15) is 17.3 Å². The van der Waals surface area contributed by atoms with Gasteiger partial charge >= 0.3 is 0 Å². The Morgan fingerprint density at radius 1 is 1.17 bits per heavy atom. The second-order valence-electron chi connectivity index (χ2n) is 6.25.